The van der Waals surface area contributed by atoms with Gasteiger partial charge in [0.15, 0.2) is 11.6 Å². The van der Waals surface area contributed by atoms with Crippen molar-refractivity contribution in [3.05, 3.63) is 24.0 Å². The summed E-state index contributed by atoms with van der Waals surface area (Å²) in [6, 6.07) is 3.43. The molecule has 8 heteroatoms. The van der Waals surface area contributed by atoms with Crippen molar-refractivity contribution in [2.24, 2.45) is 0 Å². The standard InChI is InChI=1S/C13H19FN2O3S.ClH/c1-9-12(4-3-7-15-9)16-20(17,18)10-5-6-11(14)13(8-10)19-2;/h5-6,8-9,12,15-16H,3-4,7H2,1-2H3;1H. The topological polar surface area (TPSA) is 67.4 Å². The molecule has 21 heavy (non-hydrogen) atoms. The van der Waals surface area contributed by atoms with Crippen LogP contribution in [0.3, 0.4) is 0 Å². The minimum atomic E-state index is -3.68. The monoisotopic (exact) mass is 338 g/mol. The predicted octanol–water partition coefficient (Wildman–Crippen LogP) is 1.67. The van der Waals surface area contributed by atoms with E-state index in [1.165, 1.54) is 19.2 Å². The van der Waals surface area contributed by atoms with Crippen LogP contribution < -0.4 is 14.8 Å². The van der Waals surface area contributed by atoms with E-state index in [9.17, 15) is 12.8 Å². The van der Waals surface area contributed by atoms with Crippen LogP contribution in [-0.4, -0.2) is 34.2 Å². The van der Waals surface area contributed by atoms with E-state index in [1.54, 1.807) is 0 Å². The molecule has 0 aliphatic carbocycles. The zero-order valence-electron chi connectivity index (χ0n) is 11.9. The number of hydrogen-bond acceptors (Lipinski definition) is 4. The first-order valence-electron chi connectivity index (χ1n) is 6.53. The summed E-state index contributed by atoms with van der Waals surface area (Å²) in [5.41, 5.74) is 0. The maximum atomic E-state index is 13.3. The van der Waals surface area contributed by atoms with Gasteiger partial charge in [-0.15, -0.1) is 12.4 Å². The van der Waals surface area contributed by atoms with Gasteiger partial charge < -0.3 is 10.1 Å². The molecule has 5 nitrogen and oxygen atoms in total. The van der Waals surface area contributed by atoms with E-state index in [4.69, 9.17) is 4.74 Å². The zero-order chi connectivity index (χ0) is 14.8. The van der Waals surface area contributed by atoms with E-state index in [-0.39, 0.29) is 35.1 Å². The number of ether oxygens (including phenoxy) is 1. The molecule has 0 aromatic heterocycles. The highest BCUT2D eigenvalue weighted by Crippen LogP contribution is 2.22. The second-order valence-corrected chi connectivity index (χ2v) is 6.62. The van der Waals surface area contributed by atoms with Crippen LogP contribution in [0.4, 0.5) is 4.39 Å². The van der Waals surface area contributed by atoms with Crippen molar-refractivity contribution in [3.63, 3.8) is 0 Å². The maximum Gasteiger partial charge on any atom is 0.241 e. The van der Waals surface area contributed by atoms with Crippen LogP contribution in [0.2, 0.25) is 0 Å². The minimum absolute atomic E-state index is 0. The molecule has 0 saturated carbocycles. The molecule has 0 radical (unpaired) electrons. The van der Waals surface area contributed by atoms with Gasteiger partial charge in [0.2, 0.25) is 10.0 Å². The zero-order valence-corrected chi connectivity index (χ0v) is 13.6. The summed E-state index contributed by atoms with van der Waals surface area (Å²) in [6.07, 6.45) is 1.70. The summed E-state index contributed by atoms with van der Waals surface area (Å²) < 4.78 is 45.4. The van der Waals surface area contributed by atoms with Crippen LogP contribution in [0.25, 0.3) is 0 Å². The third-order valence-corrected chi connectivity index (χ3v) is 4.99. The number of piperidine rings is 1. The van der Waals surface area contributed by atoms with Crippen molar-refractivity contribution in [1.82, 2.24) is 10.0 Å². The van der Waals surface area contributed by atoms with Gasteiger partial charge in [0.1, 0.15) is 0 Å². The molecule has 1 aromatic carbocycles. The molecule has 2 N–H and O–H groups in total. The fourth-order valence-corrected chi connectivity index (χ4v) is 3.65. The molecule has 0 amide bonds. The molecule has 0 bridgehead atoms. The predicted molar refractivity (Wildman–Crippen MR) is 81.0 cm³/mol. The highest BCUT2D eigenvalue weighted by atomic mass is 35.5. The van der Waals surface area contributed by atoms with E-state index in [1.807, 2.05) is 6.92 Å². The number of nitrogens with one attached hydrogen (secondary N) is 2. The van der Waals surface area contributed by atoms with Crippen LogP contribution in [0.1, 0.15) is 19.8 Å². The van der Waals surface area contributed by atoms with Gasteiger partial charge in [-0.05, 0) is 38.4 Å². The number of benzene rings is 1. The molecule has 2 rings (SSSR count). The van der Waals surface area contributed by atoms with Crippen LogP contribution >= 0.6 is 12.4 Å². The summed E-state index contributed by atoms with van der Waals surface area (Å²) in [5, 5.41) is 3.23. The first-order chi connectivity index (χ1) is 9.44. The Morgan fingerprint density at radius 3 is 2.76 bits per heavy atom. The van der Waals surface area contributed by atoms with Gasteiger partial charge in [-0.3, -0.25) is 0 Å². The average Bonchev–Trinajstić information content (AvgIpc) is 2.41. The van der Waals surface area contributed by atoms with Crippen molar-refractivity contribution < 1.29 is 17.5 Å². The lowest BCUT2D eigenvalue weighted by molar-refractivity contribution is 0.348. The van der Waals surface area contributed by atoms with Crippen molar-refractivity contribution in [3.8, 4) is 5.75 Å². The molecular formula is C13H20ClFN2O3S. The summed E-state index contributed by atoms with van der Waals surface area (Å²) in [6.45, 7) is 2.83. The first-order valence-corrected chi connectivity index (χ1v) is 8.01. The lowest BCUT2D eigenvalue weighted by Gasteiger charge is -2.30. The Balaban J connectivity index is 0.00000220. The van der Waals surface area contributed by atoms with Crippen LogP contribution in [0.5, 0.6) is 5.75 Å². The summed E-state index contributed by atoms with van der Waals surface area (Å²) in [7, 11) is -2.38. The Labute approximate surface area is 130 Å². The van der Waals surface area contributed by atoms with Crippen LogP contribution in [0, 0.1) is 5.82 Å². The Kier molecular flexibility index (Phi) is 6.40. The SMILES string of the molecule is COc1cc(S(=O)(=O)NC2CCCNC2C)ccc1F.Cl. The van der Waals surface area contributed by atoms with Crippen molar-refractivity contribution in [1.29, 1.82) is 0 Å². The Bertz CT molecular complexity index is 583. The van der Waals surface area contributed by atoms with Crippen molar-refractivity contribution in [2.75, 3.05) is 13.7 Å². The van der Waals surface area contributed by atoms with Gasteiger partial charge in [-0.2, -0.15) is 0 Å². The lowest BCUT2D eigenvalue weighted by atomic mass is 10.0. The van der Waals surface area contributed by atoms with Crippen LogP contribution in [-0.2, 0) is 10.0 Å². The molecule has 120 valence electrons. The molecular weight excluding hydrogens is 319 g/mol. The third-order valence-electron chi connectivity index (χ3n) is 3.50. The van der Waals surface area contributed by atoms with Gasteiger partial charge in [0.05, 0.1) is 12.0 Å². The number of methoxy groups -OCH3 is 1. The molecule has 2 atom stereocenters. The third kappa shape index (κ3) is 4.29. The first kappa shape index (κ1) is 18.2. The number of hydrogen-bond donors (Lipinski definition) is 2. The minimum Gasteiger partial charge on any atom is -0.494 e. The van der Waals surface area contributed by atoms with Gasteiger partial charge in [0.25, 0.3) is 0 Å². The molecule has 1 fully saturated rings. The largest absolute Gasteiger partial charge is 0.494 e. The molecule has 1 aromatic rings. The highest BCUT2D eigenvalue weighted by Gasteiger charge is 2.27. The fourth-order valence-electron chi connectivity index (χ4n) is 2.28. The quantitative estimate of drug-likeness (QED) is 0.876. The van der Waals surface area contributed by atoms with E-state index in [2.05, 4.69) is 10.0 Å². The van der Waals surface area contributed by atoms with E-state index < -0.39 is 15.8 Å². The molecule has 1 aliphatic rings. The highest BCUT2D eigenvalue weighted by molar-refractivity contribution is 7.89. The Hall–Kier alpha value is -0.890. The lowest BCUT2D eigenvalue weighted by Crippen LogP contribution is -2.51. The van der Waals surface area contributed by atoms with Gasteiger partial charge >= 0.3 is 0 Å². The molecule has 2 unspecified atom stereocenters. The number of halogens is 2. The summed E-state index contributed by atoms with van der Waals surface area (Å²) in [4.78, 5) is 0.00789. The fraction of sp³-hybridized carbons (Fsp3) is 0.538. The van der Waals surface area contributed by atoms with Gasteiger partial charge in [-0.25, -0.2) is 17.5 Å². The summed E-state index contributed by atoms with van der Waals surface area (Å²) >= 11 is 0. The van der Waals surface area contributed by atoms with Crippen molar-refractivity contribution in [2.45, 2.75) is 36.7 Å². The Morgan fingerprint density at radius 2 is 2.14 bits per heavy atom. The van der Waals surface area contributed by atoms with E-state index >= 15 is 0 Å². The normalized spacial score (nSPS) is 22.4. The van der Waals surface area contributed by atoms with E-state index in [0.29, 0.717) is 0 Å². The Morgan fingerprint density at radius 1 is 1.43 bits per heavy atom. The van der Waals surface area contributed by atoms with Gasteiger partial charge in [0, 0.05) is 18.2 Å². The van der Waals surface area contributed by atoms with E-state index in [0.717, 1.165) is 25.5 Å². The van der Waals surface area contributed by atoms with Crippen molar-refractivity contribution >= 4 is 22.4 Å². The maximum absolute atomic E-state index is 13.3. The number of rotatable bonds is 4. The second-order valence-electron chi connectivity index (χ2n) is 4.91. The summed E-state index contributed by atoms with van der Waals surface area (Å²) in [5.74, 6) is -0.665. The molecule has 1 aliphatic heterocycles. The van der Waals surface area contributed by atoms with Gasteiger partial charge in [-0.1, -0.05) is 0 Å². The smallest absolute Gasteiger partial charge is 0.241 e. The van der Waals surface area contributed by atoms with Crippen LogP contribution in [0.15, 0.2) is 23.1 Å². The molecule has 0 spiro atoms. The average molecular weight is 339 g/mol. The molecule has 1 saturated heterocycles. The number of sulfonamides is 1. The second kappa shape index (κ2) is 7.40. The molecule has 1 heterocycles.